The van der Waals surface area contributed by atoms with E-state index in [-0.39, 0.29) is 18.1 Å². The molecule has 1 N–H and O–H groups in total. The molecule has 22 heavy (non-hydrogen) atoms. The first-order valence-electron chi connectivity index (χ1n) is 8.73. The van der Waals surface area contributed by atoms with Gasteiger partial charge in [-0.15, -0.1) is 0 Å². The van der Waals surface area contributed by atoms with Crippen LogP contribution in [0, 0.1) is 0 Å². The topological polar surface area (TPSA) is 38.3 Å². The van der Waals surface area contributed by atoms with Gasteiger partial charge in [0.15, 0.2) is 0 Å². The Morgan fingerprint density at radius 3 is 2.32 bits per heavy atom. The van der Waals surface area contributed by atoms with Gasteiger partial charge in [0.25, 0.3) is 0 Å². The summed E-state index contributed by atoms with van der Waals surface area (Å²) in [4.78, 5) is 12.3. The van der Waals surface area contributed by atoms with E-state index >= 15 is 0 Å². The molecule has 122 valence electrons. The van der Waals surface area contributed by atoms with E-state index < -0.39 is 0 Å². The van der Waals surface area contributed by atoms with E-state index in [9.17, 15) is 4.79 Å². The Kier molecular flexibility index (Phi) is 6.29. The second-order valence-corrected chi connectivity index (χ2v) is 6.22. The molecule has 0 spiro atoms. The number of esters is 1. The smallest absolute Gasteiger partial charge is 0.328 e. The molecule has 0 unspecified atom stereocenters. The van der Waals surface area contributed by atoms with E-state index in [1.165, 1.54) is 30.4 Å². The van der Waals surface area contributed by atoms with Crippen LogP contribution in [0.1, 0.15) is 64.0 Å². The molecule has 0 bridgehead atoms. The van der Waals surface area contributed by atoms with Crippen LogP contribution in [0.5, 0.6) is 0 Å². The molecule has 2 rings (SSSR count). The first-order valence-corrected chi connectivity index (χ1v) is 8.73. The molecule has 1 atom stereocenters. The van der Waals surface area contributed by atoms with E-state index in [1.807, 2.05) is 6.92 Å². The number of carbonyl (C=O) groups is 1. The van der Waals surface area contributed by atoms with Crippen molar-refractivity contribution in [3.8, 4) is 0 Å². The summed E-state index contributed by atoms with van der Waals surface area (Å²) in [7, 11) is 0. The van der Waals surface area contributed by atoms with E-state index in [1.54, 1.807) is 0 Å². The number of benzene rings is 1. The fourth-order valence-corrected chi connectivity index (χ4v) is 3.15. The van der Waals surface area contributed by atoms with Gasteiger partial charge < -0.3 is 10.1 Å². The van der Waals surface area contributed by atoms with Gasteiger partial charge in [0.1, 0.15) is 12.1 Å². The first kappa shape index (κ1) is 16.9. The SMILES string of the molecule is CCc1cccc(CC)c1N[C@@H](C)C(=O)OC1CCCCC1. The number of hydrogen-bond acceptors (Lipinski definition) is 3. The van der Waals surface area contributed by atoms with Crippen molar-refractivity contribution in [2.75, 3.05) is 5.32 Å². The van der Waals surface area contributed by atoms with Crippen LogP contribution < -0.4 is 5.32 Å². The normalized spacial score (nSPS) is 17.0. The lowest BCUT2D eigenvalue weighted by Crippen LogP contribution is -2.33. The molecule has 1 fully saturated rings. The molecule has 0 aromatic heterocycles. The number of aryl methyl sites for hydroxylation is 2. The van der Waals surface area contributed by atoms with Gasteiger partial charge in [-0.05, 0) is 56.6 Å². The Morgan fingerprint density at radius 2 is 1.77 bits per heavy atom. The molecular formula is C19H29NO2. The number of hydrogen-bond donors (Lipinski definition) is 1. The Bertz CT molecular complexity index is 470. The molecule has 1 aromatic rings. The third kappa shape index (κ3) is 4.25. The third-order valence-corrected chi connectivity index (χ3v) is 4.55. The minimum absolute atomic E-state index is 0.123. The third-order valence-electron chi connectivity index (χ3n) is 4.55. The molecule has 0 amide bonds. The largest absolute Gasteiger partial charge is 0.461 e. The highest BCUT2D eigenvalue weighted by molar-refractivity contribution is 5.80. The standard InChI is InChI=1S/C19H29NO2/c1-4-15-10-9-11-16(5-2)18(15)20-14(3)19(21)22-17-12-7-6-8-13-17/h9-11,14,17,20H,4-8,12-13H2,1-3H3/t14-/m0/s1. The summed E-state index contributed by atoms with van der Waals surface area (Å²) in [5.74, 6) is -0.125. The van der Waals surface area contributed by atoms with E-state index in [4.69, 9.17) is 4.74 Å². The average molecular weight is 303 g/mol. The van der Waals surface area contributed by atoms with Crippen molar-refractivity contribution in [1.29, 1.82) is 0 Å². The summed E-state index contributed by atoms with van der Waals surface area (Å²) in [5.41, 5.74) is 3.63. The Hall–Kier alpha value is -1.51. The number of para-hydroxylation sites is 1. The molecule has 1 aliphatic rings. The van der Waals surface area contributed by atoms with Gasteiger partial charge in [0.05, 0.1) is 0 Å². The van der Waals surface area contributed by atoms with Gasteiger partial charge in [-0.2, -0.15) is 0 Å². The second kappa shape index (κ2) is 8.21. The monoisotopic (exact) mass is 303 g/mol. The van der Waals surface area contributed by atoms with Crippen molar-refractivity contribution in [3.05, 3.63) is 29.3 Å². The van der Waals surface area contributed by atoms with Gasteiger partial charge >= 0.3 is 5.97 Å². The van der Waals surface area contributed by atoms with Crippen LogP contribution in [0.3, 0.4) is 0 Å². The highest BCUT2D eigenvalue weighted by atomic mass is 16.5. The minimum atomic E-state index is -0.306. The van der Waals surface area contributed by atoms with Crippen LogP contribution in [-0.2, 0) is 22.4 Å². The van der Waals surface area contributed by atoms with E-state index in [0.717, 1.165) is 31.4 Å². The summed E-state index contributed by atoms with van der Waals surface area (Å²) in [6, 6.07) is 6.04. The summed E-state index contributed by atoms with van der Waals surface area (Å²) in [6.07, 6.45) is 7.70. The molecule has 0 radical (unpaired) electrons. The van der Waals surface area contributed by atoms with Crippen molar-refractivity contribution in [3.63, 3.8) is 0 Å². The number of nitrogens with one attached hydrogen (secondary N) is 1. The van der Waals surface area contributed by atoms with E-state index in [0.29, 0.717) is 0 Å². The van der Waals surface area contributed by atoms with Gasteiger partial charge in [0.2, 0.25) is 0 Å². The molecular weight excluding hydrogens is 274 g/mol. The maximum Gasteiger partial charge on any atom is 0.328 e. The molecule has 1 saturated carbocycles. The van der Waals surface area contributed by atoms with Crippen LogP contribution in [0.4, 0.5) is 5.69 Å². The Morgan fingerprint density at radius 1 is 1.18 bits per heavy atom. The zero-order valence-corrected chi connectivity index (χ0v) is 14.2. The molecule has 0 saturated heterocycles. The molecule has 1 aromatic carbocycles. The van der Waals surface area contributed by atoms with Crippen molar-refractivity contribution < 1.29 is 9.53 Å². The van der Waals surface area contributed by atoms with Crippen molar-refractivity contribution >= 4 is 11.7 Å². The maximum absolute atomic E-state index is 12.3. The van der Waals surface area contributed by atoms with Crippen LogP contribution in [0.25, 0.3) is 0 Å². The van der Waals surface area contributed by atoms with Gasteiger partial charge in [-0.1, -0.05) is 38.5 Å². The predicted octanol–water partition coefficient (Wildman–Crippen LogP) is 4.49. The van der Waals surface area contributed by atoms with Crippen molar-refractivity contribution in [2.45, 2.75) is 77.9 Å². The predicted molar refractivity (Wildman–Crippen MR) is 91.2 cm³/mol. The molecule has 3 heteroatoms. The number of carbonyl (C=O) groups excluding carboxylic acids is 1. The van der Waals surface area contributed by atoms with Gasteiger partial charge in [0, 0.05) is 5.69 Å². The highest BCUT2D eigenvalue weighted by Gasteiger charge is 2.22. The number of anilines is 1. The maximum atomic E-state index is 12.3. The summed E-state index contributed by atoms with van der Waals surface area (Å²) >= 11 is 0. The summed E-state index contributed by atoms with van der Waals surface area (Å²) in [6.45, 7) is 6.19. The number of rotatable bonds is 6. The summed E-state index contributed by atoms with van der Waals surface area (Å²) in [5, 5.41) is 3.40. The minimum Gasteiger partial charge on any atom is -0.461 e. The summed E-state index contributed by atoms with van der Waals surface area (Å²) < 4.78 is 5.67. The number of ether oxygens (including phenoxy) is 1. The van der Waals surface area contributed by atoms with Crippen LogP contribution >= 0.6 is 0 Å². The molecule has 0 heterocycles. The lowest BCUT2D eigenvalue weighted by atomic mass is 9.98. The second-order valence-electron chi connectivity index (χ2n) is 6.22. The van der Waals surface area contributed by atoms with Crippen LogP contribution in [0.15, 0.2) is 18.2 Å². The van der Waals surface area contributed by atoms with Crippen molar-refractivity contribution in [2.24, 2.45) is 0 Å². The lowest BCUT2D eigenvalue weighted by molar-refractivity contribution is -0.151. The Labute approximate surface area is 134 Å². The zero-order valence-electron chi connectivity index (χ0n) is 14.2. The molecule has 0 aliphatic heterocycles. The average Bonchev–Trinajstić information content (AvgIpc) is 2.55. The Balaban J connectivity index is 2.01. The van der Waals surface area contributed by atoms with Crippen molar-refractivity contribution in [1.82, 2.24) is 0 Å². The fraction of sp³-hybridized carbons (Fsp3) is 0.632. The molecule has 3 nitrogen and oxygen atoms in total. The fourth-order valence-electron chi connectivity index (χ4n) is 3.15. The highest BCUT2D eigenvalue weighted by Crippen LogP contribution is 2.25. The molecule has 1 aliphatic carbocycles. The van der Waals surface area contributed by atoms with Gasteiger partial charge in [-0.25, -0.2) is 4.79 Å². The van der Waals surface area contributed by atoms with Crippen LogP contribution in [0.2, 0.25) is 0 Å². The first-order chi connectivity index (χ1) is 10.7. The quantitative estimate of drug-likeness (QED) is 0.787. The zero-order chi connectivity index (χ0) is 15.9. The van der Waals surface area contributed by atoms with Gasteiger partial charge in [-0.3, -0.25) is 0 Å². The lowest BCUT2D eigenvalue weighted by Gasteiger charge is -2.25. The van der Waals surface area contributed by atoms with E-state index in [2.05, 4.69) is 37.4 Å². The van der Waals surface area contributed by atoms with Crippen LogP contribution in [-0.4, -0.2) is 18.1 Å².